The smallest absolute Gasteiger partial charge is 0.348 e. The largest absolute Gasteiger partial charge is 0.462 e. The molecule has 0 atom stereocenters. The minimum atomic E-state index is -0.514. The molecule has 1 aromatic rings. The second kappa shape index (κ2) is 8.57. The first-order chi connectivity index (χ1) is 14.7. The lowest BCUT2D eigenvalue weighted by Crippen LogP contribution is -2.51. The van der Waals surface area contributed by atoms with Crippen LogP contribution in [0, 0.1) is 36.0 Å². The highest BCUT2D eigenvalue weighted by Gasteiger charge is 2.54. The number of amides is 1. The lowest BCUT2D eigenvalue weighted by atomic mass is 9.49. The monoisotopic (exact) mass is 447 g/mol. The van der Waals surface area contributed by atoms with Gasteiger partial charge >= 0.3 is 11.9 Å². The Morgan fingerprint density at radius 2 is 1.61 bits per heavy atom. The Labute approximate surface area is 188 Å². The summed E-state index contributed by atoms with van der Waals surface area (Å²) in [6, 6.07) is 0. The molecule has 1 amide bonds. The third-order valence-corrected chi connectivity index (χ3v) is 8.29. The van der Waals surface area contributed by atoms with Crippen molar-refractivity contribution in [2.45, 2.75) is 66.2 Å². The number of carbonyl (C=O) groups excluding carboxylic acids is 3. The zero-order chi connectivity index (χ0) is 22.3. The molecule has 7 heteroatoms. The van der Waals surface area contributed by atoms with Gasteiger partial charge in [-0.15, -0.1) is 11.3 Å². The van der Waals surface area contributed by atoms with E-state index in [1.54, 1.807) is 13.8 Å². The normalized spacial score (nSPS) is 28.6. The quantitative estimate of drug-likeness (QED) is 0.581. The number of ether oxygens (including phenoxy) is 2. The van der Waals surface area contributed by atoms with Crippen LogP contribution in [-0.2, 0) is 14.3 Å². The van der Waals surface area contributed by atoms with E-state index in [0.717, 1.165) is 30.6 Å². The molecule has 4 fully saturated rings. The summed E-state index contributed by atoms with van der Waals surface area (Å²) < 4.78 is 10.6. The Kier molecular flexibility index (Phi) is 6.16. The maximum atomic E-state index is 13.5. The van der Waals surface area contributed by atoms with Crippen LogP contribution in [0.1, 0.15) is 84.9 Å². The zero-order valence-electron chi connectivity index (χ0n) is 18.9. The number of thiophene rings is 1. The molecule has 4 bridgehead atoms. The topological polar surface area (TPSA) is 81.7 Å². The minimum absolute atomic E-state index is 0.000459. The van der Waals surface area contributed by atoms with Crippen molar-refractivity contribution in [1.29, 1.82) is 0 Å². The van der Waals surface area contributed by atoms with Gasteiger partial charge in [-0.1, -0.05) is 13.8 Å². The molecule has 6 nitrogen and oxygen atoms in total. The van der Waals surface area contributed by atoms with Gasteiger partial charge in [0, 0.05) is 0 Å². The molecule has 4 saturated carbocycles. The molecule has 1 aromatic heterocycles. The van der Waals surface area contributed by atoms with Crippen LogP contribution in [0.2, 0.25) is 0 Å². The number of rotatable bonds is 7. The highest BCUT2D eigenvalue weighted by molar-refractivity contribution is 7.18. The second-order valence-corrected chi connectivity index (χ2v) is 11.1. The first-order valence-corrected chi connectivity index (χ1v) is 12.3. The number of carbonyl (C=O) groups is 3. The Morgan fingerprint density at radius 3 is 2.13 bits per heavy atom. The van der Waals surface area contributed by atoms with E-state index in [4.69, 9.17) is 9.47 Å². The Morgan fingerprint density at radius 1 is 1.03 bits per heavy atom. The zero-order valence-corrected chi connectivity index (χ0v) is 19.7. The molecule has 1 heterocycles. The Hall–Kier alpha value is -1.89. The molecule has 31 heavy (non-hydrogen) atoms. The summed E-state index contributed by atoms with van der Waals surface area (Å²) in [5, 5.41) is 3.47. The number of hydrogen-bond acceptors (Lipinski definition) is 6. The van der Waals surface area contributed by atoms with E-state index < -0.39 is 11.9 Å². The number of anilines is 1. The van der Waals surface area contributed by atoms with E-state index in [2.05, 4.69) is 5.32 Å². The standard InChI is InChI=1S/C24H33NO5S/c1-5-29-21(26)18-14(4)19(22(27)30-12-13(2)3)31-20(18)25-23(28)24-9-15-6-16(10-24)8-17(7-15)11-24/h13,15-17H,5-12H2,1-4H3,(H,25,28). The van der Waals surface area contributed by atoms with Crippen molar-refractivity contribution in [2.24, 2.45) is 29.1 Å². The van der Waals surface area contributed by atoms with E-state index in [1.807, 2.05) is 13.8 Å². The van der Waals surface area contributed by atoms with Crippen LogP contribution in [-0.4, -0.2) is 31.1 Å². The minimum Gasteiger partial charge on any atom is -0.462 e. The summed E-state index contributed by atoms with van der Waals surface area (Å²) in [7, 11) is 0. The molecular formula is C24H33NO5S. The summed E-state index contributed by atoms with van der Waals surface area (Å²) in [5.41, 5.74) is 0.455. The molecule has 0 unspecified atom stereocenters. The lowest BCUT2D eigenvalue weighted by molar-refractivity contribution is -0.140. The summed E-state index contributed by atoms with van der Waals surface area (Å²) >= 11 is 1.13. The van der Waals surface area contributed by atoms with Crippen LogP contribution in [0.4, 0.5) is 5.00 Å². The van der Waals surface area contributed by atoms with Gasteiger partial charge in [0.15, 0.2) is 0 Å². The lowest BCUT2D eigenvalue weighted by Gasteiger charge is -2.55. The predicted molar refractivity (Wildman–Crippen MR) is 119 cm³/mol. The van der Waals surface area contributed by atoms with Crippen molar-refractivity contribution < 1.29 is 23.9 Å². The van der Waals surface area contributed by atoms with Gasteiger partial charge < -0.3 is 14.8 Å². The van der Waals surface area contributed by atoms with Crippen molar-refractivity contribution in [3.8, 4) is 0 Å². The third kappa shape index (κ3) is 4.26. The molecule has 0 radical (unpaired) electrons. The first-order valence-electron chi connectivity index (χ1n) is 11.5. The molecule has 0 aliphatic heterocycles. The predicted octanol–water partition coefficient (Wildman–Crippen LogP) is 5.20. The average molecular weight is 448 g/mol. The van der Waals surface area contributed by atoms with E-state index in [9.17, 15) is 14.4 Å². The Bertz CT molecular complexity index is 851. The summed E-state index contributed by atoms with van der Waals surface area (Å²) in [5.74, 6) is 1.18. The maximum absolute atomic E-state index is 13.5. The van der Waals surface area contributed by atoms with Gasteiger partial charge in [0.1, 0.15) is 9.88 Å². The van der Waals surface area contributed by atoms with Gasteiger partial charge in [-0.05, 0) is 81.6 Å². The van der Waals surface area contributed by atoms with E-state index >= 15 is 0 Å². The number of esters is 2. The van der Waals surface area contributed by atoms with Gasteiger partial charge in [0.05, 0.1) is 24.2 Å². The van der Waals surface area contributed by atoms with Crippen LogP contribution < -0.4 is 5.32 Å². The van der Waals surface area contributed by atoms with Crippen molar-refractivity contribution >= 4 is 34.2 Å². The van der Waals surface area contributed by atoms with Crippen LogP contribution in [0.3, 0.4) is 0 Å². The van der Waals surface area contributed by atoms with E-state index in [1.165, 1.54) is 19.3 Å². The van der Waals surface area contributed by atoms with Crippen molar-refractivity contribution in [1.82, 2.24) is 0 Å². The fourth-order valence-corrected chi connectivity index (χ4v) is 7.26. The van der Waals surface area contributed by atoms with E-state index in [0.29, 0.717) is 39.8 Å². The SMILES string of the molecule is CCOC(=O)c1c(NC(=O)C23CC4CC(CC(C4)C2)C3)sc(C(=O)OCC(C)C)c1C. The van der Waals surface area contributed by atoms with Crippen molar-refractivity contribution in [2.75, 3.05) is 18.5 Å². The van der Waals surface area contributed by atoms with Gasteiger partial charge in [0.2, 0.25) is 5.91 Å². The molecule has 0 spiro atoms. The summed E-state index contributed by atoms with van der Waals surface area (Å²) in [6.45, 7) is 7.93. The molecule has 170 valence electrons. The van der Waals surface area contributed by atoms with Crippen LogP contribution in [0.15, 0.2) is 0 Å². The van der Waals surface area contributed by atoms with Gasteiger partial charge in [0.25, 0.3) is 0 Å². The first kappa shape index (κ1) is 22.3. The molecule has 4 aliphatic rings. The summed E-state index contributed by atoms with van der Waals surface area (Å²) in [6.07, 6.45) is 6.58. The number of hydrogen-bond donors (Lipinski definition) is 1. The second-order valence-electron chi connectivity index (χ2n) is 10.1. The molecule has 0 saturated heterocycles. The van der Waals surface area contributed by atoms with Crippen LogP contribution in [0.25, 0.3) is 0 Å². The molecular weight excluding hydrogens is 414 g/mol. The van der Waals surface area contributed by atoms with Crippen LogP contribution in [0.5, 0.6) is 0 Å². The number of nitrogens with one attached hydrogen (secondary N) is 1. The van der Waals surface area contributed by atoms with Gasteiger partial charge in [-0.3, -0.25) is 4.79 Å². The fraction of sp³-hybridized carbons (Fsp3) is 0.708. The molecule has 1 N–H and O–H groups in total. The summed E-state index contributed by atoms with van der Waals surface area (Å²) in [4.78, 5) is 39.2. The van der Waals surface area contributed by atoms with Gasteiger partial charge in [-0.25, -0.2) is 9.59 Å². The van der Waals surface area contributed by atoms with Crippen LogP contribution >= 0.6 is 11.3 Å². The maximum Gasteiger partial charge on any atom is 0.348 e. The van der Waals surface area contributed by atoms with Crippen molar-refractivity contribution in [3.05, 3.63) is 16.0 Å². The fourth-order valence-electron chi connectivity index (χ4n) is 6.18. The molecule has 0 aromatic carbocycles. The van der Waals surface area contributed by atoms with Crippen molar-refractivity contribution in [3.63, 3.8) is 0 Å². The Balaban J connectivity index is 1.60. The molecule has 4 aliphatic carbocycles. The molecule has 5 rings (SSSR count). The van der Waals surface area contributed by atoms with Gasteiger partial charge in [-0.2, -0.15) is 0 Å². The highest BCUT2D eigenvalue weighted by atomic mass is 32.1. The third-order valence-electron chi connectivity index (χ3n) is 7.11. The highest BCUT2D eigenvalue weighted by Crippen LogP contribution is 2.60. The van der Waals surface area contributed by atoms with E-state index in [-0.39, 0.29) is 29.4 Å². The average Bonchev–Trinajstić information content (AvgIpc) is 3.01.